The van der Waals surface area contributed by atoms with Gasteiger partial charge in [-0.3, -0.25) is 4.79 Å². The number of hydrogen-bond acceptors (Lipinski definition) is 8. The fraction of sp³-hybridized carbons (Fsp3) is 0.316. The molecule has 2 atom stereocenters. The van der Waals surface area contributed by atoms with Gasteiger partial charge in [0.05, 0.1) is 17.3 Å². The third kappa shape index (κ3) is 4.58. The first-order chi connectivity index (χ1) is 14.2. The number of rotatable bonds is 7. The zero-order valence-electron chi connectivity index (χ0n) is 16.9. The lowest BCUT2D eigenvalue weighted by Gasteiger charge is -2.16. The minimum atomic E-state index is -1.80. The Balaban J connectivity index is 1.92. The summed E-state index contributed by atoms with van der Waals surface area (Å²) < 4.78 is 26.1. The van der Waals surface area contributed by atoms with Crippen molar-refractivity contribution in [3.8, 4) is 5.75 Å². The number of aryl methyl sites for hydroxylation is 1. The molecule has 0 spiro atoms. The first-order valence-corrected chi connectivity index (χ1v) is 11.0. The van der Waals surface area contributed by atoms with Gasteiger partial charge in [0.25, 0.3) is 5.91 Å². The van der Waals surface area contributed by atoms with E-state index >= 15 is 0 Å². The van der Waals surface area contributed by atoms with Crippen LogP contribution in [-0.4, -0.2) is 43.3 Å². The maximum absolute atomic E-state index is 12.4. The molecule has 0 aliphatic heterocycles. The molecule has 1 amide bonds. The molecule has 0 fully saturated rings. The fourth-order valence-corrected chi connectivity index (χ4v) is 3.96. The van der Waals surface area contributed by atoms with E-state index in [1.807, 2.05) is 26.0 Å². The van der Waals surface area contributed by atoms with Crippen molar-refractivity contribution in [1.82, 2.24) is 13.6 Å². The summed E-state index contributed by atoms with van der Waals surface area (Å²) in [5, 5.41) is 16.8. The summed E-state index contributed by atoms with van der Waals surface area (Å²) in [6.45, 7) is 3.83. The number of phenolic OH excluding ortho intramolecular Hbond substituents is 1. The second kappa shape index (κ2) is 9.02. The lowest BCUT2D eigenvalue weighted by Crippen LogP contribution is -2.22. The van der Waals surface area contributed by atoms with E-state index in [-0.39, 0.29) is 40.6 Å². The summed E-state index contributed by atoms with van der Waals surface area (Å²) >= 11 is 1.49. The smallest absolute Gasteiger partial charge is 0.258 e. The molecular formula is C19H22BrN5O4S. The van der Waals surface area contributed by atoms with E-state index in [2.05, 4.69) is 35.3 Å². The Morgan fingerprint density at radius 2 is 2.00 bits per heavy atom. The molecule has 0 saturated carbocycles. The van der Waals surface area contributed by atoms with Crippen LogP contribution in [0.25, 0.3) is 0 Å². The van der Waals surface area contributed by atoms with Gasteiger partial charge < -0.3 is 29.6 Å². The van der Waals surface area contributed by atoms with Crippen molar-refractivity contribution in [2.75, 3.05) is 24.7 Å². The van der Waals surface area contributed by atoms with Gasteiger partial charge in [-0.05, 0) is 53.5 Å². The largest absolute Gasteiger partial charge is 0.546 e. The lowest BCUT2D eigenvalue weighted by molar-refractivity contribution is 0.0824. The van der Waals surface area contributed by atoms with E-state index in [1.54, 1.807) is 26.2 Å². The number of furan rings is 1. The standard InChI is InChI=1S/C19H22BrN5O4S/c1-5-12(14-9-6-10(2)29-14)21-17-18(24-30(28)23-17)22-13-8-7-11(20)15(16(13)26)19(27)25(3)4/h6-9,12,26H,5H2,1-4H3,(H,21,23)(H,22,24)/t12-,30?/m1/s1. The maximum Gasteiger partial charge on any atom is 0.258 e. The minimum absolute atomic E-state index is 0.105. The molecule has 0 saturated heterocycles. The molecule has 1 unspecified atom stereocenters. The van der Waals surface area contributed by atoms with Crippen LogP contribution in [0.2, 0.25) is 0 Å². The Bertz CT molecular complexity index is 1070. The molecule has 0 aliphatic rings. The van der Waals surface area contributed by atoms with E-state index < -0.39 is 11.1 Å². The average molecular weight is 496 g/mol. The number of nitrogens with zero attached hydrogens (tertiary/aromatic N) is 3. The van der Waals surface area contributed by atoms with Crippen LogP contribution in [0.1, 0.15) is 41.3 Å². The van der Waals surface area contributed by atoms with Crippen molar-refractivity contribution in [2.24, 2.45) is 0 Å². The summed E-state index contributed by atoms with van der Waals surface area (Å²) in [5.41, 5.74) is 0.339. The Kier molecular flexibility index (Phi) is 6.64. The number of carbonyl (C=O) groups is 1. The van der Waals surface area contributed by atoms with Crippen LogP contribution in [-0.2, 0) is 0 Å². The van der Waals surface area contributed by atoms with Crippen LogP contribution in [0.4, 0.5) is 17.3 Å². The van der Waals surface area contributed by atoms with Gasteiger partial charge in [0.2, 0.25) is 11.6 Å². The minimum Gasteiger partial charge on any atom is -0.546 e. The quantitative estimate of drug-likeness (QED) is 0.321. The zero-order valence-corrected chi connectivity index (χ0v) is 19.3. The summed E-state index contributed by atoms with van der Waals surface area (Å²) in [7, 11) is 3.18. The first-order valence-electron chi connectivity index (χ1n) is 9.14. The van der Waals surface area contributed by atoms with E-state index in [1.165, 1.54) is 4.90 Å². The number of anilines is 3. The molecule has 3 N–H and O–H groups in total. The van der Waals surface area contributed by atoms with Crippen LogP contribution >= 0.6 is 27.1 Å². The maximum atomic E-state index is 12.4. The highest BCUT2D eigenvalue weighted by Crippen LogP contribution is 2.38. The molecule has 9 nitrogen and oxygen atoms in total. The van der Waals surface area contributed by atoms with Crippen LogP contribution in [0, 0.1) is 6.92 Å². The molecule has 160 valence electrons. The van der Waals surface area contributed by atoms with Gasteiger partial charge in [0.1, 0.15) is 11.5 Å². The third-order valence-corrected chi connectivity index (χ3v) is 5.73. The highest BCUT2D eigenvalue weighted by Gasteiger charge is 2.24. The Morgan fingerprint density at radius 1 is 1.30 bits per heavy atom. The first kappa shape index (κ1) is 22.1. The van der Waals surface area contributed by atoms with Crippen LogP contribution < -0.4 is 10.6 Å². The summed E-state index contributed by atoms with van der Waals surface area (Å²) in [6.07, 6.45) is 0.691. The normalized spacial score (nSPS) is 12.5. The number of nitrogens with one attached hydrogen (secondary N) is 2. The van der Waals surface area contributed by atoms with Gasteiger partial charge in [0, 0.05) is 27.3 Å². The monoisotopic (exact) mass is 495 g/mol. The second-order valence-corrected chi connectivity index (χ2v) is 8.49. The van der Waals surface area contributed by atoms with Gasteiger partial charge in [-0.15, -0.1) is 0 Å². The third-order valence-electron chi connectivity index (χ3n) is 4.39. The van der Waals surface area contributed by atoms with Crippen LogP contribution in [0.15, 0.2) is 33.2 Å². The molecule has 0 radical (unpaired) electrons. The number of aromatic nitrogens is 2. The number of hydrogen-bond donors (Lipinski definition) is 3. The topological polar surface area (TPSA) is 127 Å². The van der Waals surface area contributed by atoms with Crippen molar-refractivity contribution >= 4 is 50.3 Å². The summed E-state index contributed by atoms with van der Waals surface area (Å²) in [6, 6.07) is 6.75. The zero-order chi connectivity index (χ0) is 22.0. The highest BCUT2D eigenvalue weighted by atomic mass is 79.9. The molecule has 0 bridgehead atoms. The molecule has 2 heterocycles. The number of phenols is 1. The number of carbonyl (C=O) groups excluding carboxylic acids is 1. The Morgan fingerprint density at radius 3 is 2.60 bits per heavy atom. The number of aromatic hydroxyl groups is 1. The van der Waals surface area contributed by atoms with Gasteiger partial charge in [-0.25, -0.2) is 0 Å². The van der Waals surface area contributed by atoms with Crippen LogP contribution in [0.3, 0.4) is 0 Å². The van der Waals surface area contributed by atoms with E-state index in [9.17, 15) is 14.5 Å². The summed E-state index contributed by atoms with van der Waals surface area (Å²) in [5.74, 6) is 1.35. The molecule has 3 aromatic rings. The molecule has 2 aromatic heterocycles. The van der Waals surface area contributed by atoms with E-state index in [0.717, 1.165) is 11.5 Å². The van der Waals surface area contributed by atoms with Gasteiger partial charge >= 0.3 is 0 Å². The number of benzene rings is 1. The SMILES string of the molecule is CC[C@@H](Nc1n[s+]([O-])nc1Nc1ccc(Br)c(C(=O)N(C)C)c1O)c1ccc(C)o1. The number of halogens is 1. The van der Waals surface area contributed by atoms with Crippen molar-refractivity contribution < 1.29 is 18.9 Å². The molecule has 0 aliphatic carbocycles. The predicted molar refractivity (Wildman–Crippen MR) is 118 cm³/mol. The number of amides is 1. The molecular weight excluding hydrogens is 474 g/mol. The second-order valence-electron chi connectivity index (χ2n) is 6.81. The van der Waals surface area contributed by atoms with Crippen molar-refractivity contribution in [2.45, 2.75) is 26.3 Å². The Hall–Kier alpha value is -2.63. The highest BCUT2D eigenvalue weighted by molar-refractivity contribution is 9.10. The Labute approximate surface area is 185 Å². The summed E-state index contributed by atoms with van der Waals surface area (Å²) in [4.78, 5) is 13.8. The van der Waals surface area contributed by atoms with Crippen molar-refractivity contribution in [1.29, 1.82) is 0 Å². The van der Waals surface area contributed by atoms with Crippen molar-refractivity contribution in [3.63, 3.8) is 0 Å². The molecule has 1 aromatic carbocycles. The van der Waals surface area contributed by atoms with Crippen LogP contribution in [0.5, 0.6) is 5.75 Å². The van der Waals surface area contributed by atoms with Gasteiger partial charge in [-0.2, -0.15) is 0 Å². The van der Waals surface area contributed by atoms with Crippen molar-refractivity contribution in [3.05, 3.63) is 45.8 Å². The molecule has 3 rings (SSSR count). The lowest BCUT2D eigenvalue weighted by atomic mass is 10.1. The van der Waals surface area contributed by atoms with E-state index in [4.69, 9.17) is 4.42 Å². The predicted octanol–water partition coefficient (Wildman–Crippen LogP) is 4.58. The van der Waals surface area contributed by atoms with E-state index in [0.29, 0.717) is 10.9 Å². The molecule has 11 heteroatoms. The van der Waals surface area contributed by atoms with Gasteiger partial charge in [0.15, 0.2) is 16.9 Å². The van der Waals surface area contributed by atoms with Gasteiger partial charge in [-0.1, -0.05) is 6.92 Å². The molecule has 30 heavy (non-hydrogen) atoms. The fourth-order valence-electron chi connectivity index (χ4n) is 2.84. The average Bonchev–Trinajstić information content (AvgIpc) is 3.27.